The van der Waals surface area contributed by atoms with Crippen molar-refractivity contribution in [1.29, 1.82) is 0 Å². The number of nitrogens with zero attached hydrogens (tertiary/aromatic N) is 2. The van der Waals surface area contributed by atoms with E-state index in [-0.39, 0.29) is 4.90 Å². The first kappa shape index (κ1) is 20.2. The molecule has 3 aromatic rings. The zero-order valence-electron chi connectivity index (χ0n) is 15.0. The molecule has 0 saturated carbocycles. The lowest BCUT2D eigenvalue weighted by Gasteiger charge is -2.24. The summed E-state index contributed by atoms with van der Waals surface area (Å²) >= 11 is 18.4. The van der Waals surface area contributed by atoms with Gasteiger partial charge in [0.25, 0.3) is 10.0 Å². The average molecular weight is 466 g/mol. The second kappa shape index (κ2) is 8.00. The van der Waals surface area contributed by atoms with Gasteiger partial charge in [-0.3, -0.25) is 0 Å². The van der Waals surface area contributed by atoms with Gasteiger partial charge in [0.05, 0.1) is 16.6 Å². The third kappa shape index (κ3) is 4.01. The maximum absolute atomic E-state index is 13.4. The summed E-state index contributed by atoms with van der Waals surface area (Å²) in [7, 11) is -3.93. The molecule has 4 nitrogen and oxygen atoms in total. The Labute approximate surface area is 184 Å². The molecule has 1 aliphatic heterocycles. The van der Waals surface area contributed by atoms with E-state index in [0.717, 1.165) is 9.98 Å². The van der Waals surface area contributed by atoms with Crippen molar-refractivity contribution in [2.75, 3.05) is 0 Å². The zero-order valence-corrected chi connectivity index (χ0v) is 18.1. The maximum atomic E-state index is 13.4. The summed E-state index contributed by atoms with van der Waals surface area (Å²) in [6.45, 7) is 0. The summed E-state index contributed by atoms with van der Waals surface area (Å²) in [4.78, 5) is 0.107. The van der Waals surface area contributed by atoms with Gasteiger partial charge in [-0.1, -0.05) is 71.2 Å². The van der Waals surface area contributed by atoms with Crippen molar-refractivity contribution < 1.29 is 8.42 Å². The molecule has 1 aliphatic rings. The Morgan fingerprint density at radius 2 is 1.52 bits per heavy atom. The Bertz CT molecular complexity index is 1180. The van der Waals surface area contributed by atoms with Crippen molar-refractivity contribution in [2.24, 2.45) is 5.10 Å². The number of halogens is 3. The molecule has 4 rings (SSSR count). The highest BCUT2D eigenvalue weighted by molar-refractivity contribution is 7.89. The van der Waals surface area contributed by atoms with Gasteiger partial charge in [-0.25, -0.2) is 0 Å². The molecule has 8 heteroatoms. The Morgan fingerprint density at radius 3 is 2.17 bits per heavy atom. The zero-order chi connectivity index (χ0) is 20.6. The monoisotopic (exact) mass is 464 g/mol. The second-order valence-electron chi connectivity index (χ2n) is 6.53. The predicted octanol–water partition coefficient (Wildman–Crippen LogP) is 6.19. The molecule has 0 radical (unpaired) electrons. The molecule has 1 atom stereocenters. The van der Waals surface area contributed by atoms with Gasteiger partial charge in [0.1, 0.15) is 0 Å². The topological polar surface area (TPSA) is 49.7 Å². The molecule has 1 unspecified atom stereocenters. The molecule has 29 heavy (non-hydrogen) atoms. The second-order valence-corrected chi connectivity index (χ2v) is 9.61. The van der Waals surface area contributed by atoms with Crippen LogP contribution in [0.5, 0.6) is 0 Å². The normalized spacial score (nSPS) is 16.7. The van der Waals surface area contributed by atoms with E-state index in [0.29, 0.717) is 32.8 Å². The molecular weight excluding hydrogens is 451 g/mol. The highest BCUT2D eigenvalue weighted by Crippen LogP contribution is 2.40. The van der Waals surface area contributed by atoms with E-state index in [4.69, 9.17) is 34.8 Å². The van der Waals surface area contributed by atoms with E-state index in [1.165, 1.54) is 24.3 Å². The molecule has 0 aromatic heterocycles. The largest absolute Gasteiger partial charge is 0.279 e. The van der Waals surface area contributed by atoms with E-state index in [1.807, 2.05) is 30.3 Å². The lowest BCUT2D eigenvalue weighted by atomic mass is 9.99. The van der Waals surface area contributed by atoms with Gasteiger partial charge in [-0.15, -0.1) is 0 Å². The van der Waals surface area contributed by atoms with Crippen LogP contribution in [-0.4, -0.2) is 18.5 Å². The van der Waals surface area contributed by atoms with Crippen LogP contribution in [0.15, 0.2) is 82.8 Å². The highest BCUT2D eigenvalue weighted by atomic mass is 35.5. The van der Waals surface area contributed by atoms with Crippen LogP contribution in [0.2, 0.25) is 15.1 Å². The number of sulfonamides is 1. The highest BCUT2D eigenvalue weighted by Gasteiger charge is 2.38. The fourth-order valence-corrected chi connectivity index (χ4v) is 5.32. The minimum Gasteiger partial charge on any atom is -0.200 e. The Kier molecular flexibility index (Phi) is 5.58. The van der Waals surface area contributed by atoms with E-state index in [1.54, 1.807) is 18.2 Å². The van der Waals surface area contributed by atoms with Gasteiger partial charge in [0, 0.05) is 21.5 Å². The lowest BCUT2D eigenvalue weighted by molar-refractivity contribution is 0.371. The van der Waals surface area contributed by atoms with Gasteiger partial charge in [-0.2, -0.15) is 17.9 Å². The average Bonchev–Trinajstić information content (AvgIpc) is 3.15. The fourth-order valence-electron chi connectivity index (χ4n) is 3.23. The number of rotatable bonds is 4. The predicted molar refractivity (Wildman–Crippen MR) is 117 cm³/mol. The Balaban J connectivity index is 1.83. The molecule has 3 aromatic carbocycles. The van der Waals surface area contributed by atoms with Crippen LogP contribution in [0.1, 0.15) is 23.6 Å². The standard InChI is InChI=1S/C21H15Cl3N2O2S/c22-15-6-9-17(10-7-15)29(27,28)26-21(18-11-8-16(23)12-19(18)24)13-20(25-26)14-4-2-1-3-5-14/h1-12,21H,13H2. The van der Waals surface area contributed by atoms with Crippen LogP contribution in [-0.2, 0) is 10.0 Å². The smallest absolute Gasteiger partial charge is 0.200 e. The summed E-state index contributed by atoms with van der Waals surface area (Å²) < 4.78 is 27.9. The van der Waals surface area contributed by atoms with Gasteiger partial charge >= 0.3 is 0 Å². The number of hydrogen-bond acceptors (Lipinski definition) is 3. The minimum atomic E-state index is -3.93. The van der Waals surface area contributed by atoms with Crippen LogP contribution in [0.4, 0.5) is 0 Å². The molecule has 0 aliphatic carbocycles. The van der Waals surface area contributed by atoms with Crippen LogP contribution in [0.3, 0.4) is 0 Å². The first-order valence-corrected chi connectivity index (χ1v) is 11.3. The van der Waals surface area contributed by atoms with Gasteiger partial charge < -0.3 is 0 Å². The molecule has 1 heterocycles. The Morgan fingerprint density at radius 1 is 0.862 bits per heavy atom. The van der Waals surface area contributed by atoms with Crippen LogP contribution in [0, 0.1) is 0 Å². The summed E-state index contributed by atoms with van der Waals surface area (Å²) in [5, 5.41) is 5.81. The molecular formula is C21H15Cl3N2O2S. The van der Waals surface area contributed by atoms with E-state index in [2.05, 4.69) is 5.10 Å². The lowest BCUT2D eigenvalue weighted by Crippen LogP contribution is -2.27. The third-order valence-electron chi connectivity index (χ3n) is 4.66. The van der Waals surface area contributed by atoms with Gasteiger partial charge in [0.15, 0.2) is 0 Å². The van der Waals surface area contributed by atoms with Crippen molar-refractivity contribution in [1.82, 2.24) is 4.41 Å². The van der Waals surface area contributed by atoms with Crippen molar-refractivity contribution in [3.05, 3.63) is 99.0 Å². The van der Waals surface area contributed by atoms with E-state index < -0.39 is 16.1 Å². The molecule has 0 amide bonds. The SMILES string of the molecule is O=S(=O)(c1ccc(Cl)cc1)N1N=C(c2ccccc2)CC1c1ccc(Cl)cc1Cl. The van der Waals surface area contributed by atoms with Crippen molar-refractivity contribution in [3.63, 3.8) is 0 Å². The van der Waals surface area contributed by atoms with Gasteiger partial charge in [0.2, 0.25) is 0 Å². The van der Waals surface area contributed by atoms with E-state index >= 15 is 0 Å². The summed E-state index contributed by atoms with van der Waals surface area (Å²) in [5.74, 6) is 0. The Hall–Kier alpha value is -2.05. The molecule has 0 bridgehead atoms. The minimum absolute atomic E-state index is 0.107. The third-order valence-corrected chi connectivity index (χ3v) is 7.17. The maximum Gasteiger partial charge on any atom is 0.279 e. The first-order chi connectivity index (χ1) is 13.9. The summed E-state index contributed by atoms with van der Waals surface area (Å²) in [6.07, 6.45) is 0.387. The van der Waals surface area contributed by atoms with Crippen molar-refractivity contribution in [2.45, 2.75) is 17.4 Å². The van der Waals surface area contributed by atoms with Crippen LogP contribution < -0.4 is 0 Å². The fraction of sp³-hybridized carbons (Fsp3) is 0.0952. The molecule has 0 fully saturated rings. The summed E-state index contributed by atoms with van der Waals surface area (Å²) in [5.41, 5.74) is 2.17. The molecule has 0 N–H and O–H groups in total. The van der Waals surface area contributed by atoms with E-state index in [9.17, 15) is 8.42 Å². The van der Waals surface area contributed by atoms with Crippen molar-refractivity contribution in [3.8, 4) is 0 Å². The molecule has 0 spiro atoms. The number of benzene rings is 3. The first-order valence-electron chi connectivity index (χ1n) is 8.74. The van der Waals surface area contributed by atoms with Gasteiger partial charge in [-0.05, 0) is 47.5 Å². The molecule has 0 saturated heterocycles. The number of hydrazone groups is 1. The van der Waals surface area contributed by atoms with Crippen LogP contribution >= 0.6 is 34.8 Å². The quantitative estimate of drug-likeness (QED) is 0.461. The van der Waals surface area contributed by atoms with Crippen molar-refractivity contribution >= 4 is 50.5 Å². The summed E-state index contributed by atoms with van der Waals surface area (Å²) in [6, 6.07) is 19.9. The van der Waals surface area contributed by atoms with Crippen LogP contribution in [0.25, 0.3) is 0 Å². The molecule has 148 valence electrons. The number of hydrogen-bond donors (Lipinski definition) is 0.